The largest absolute Gasteiger partial charge is 0.367 e. The Hall–Kier alpha value is -3.16. The van der Waals surface area contributed by atoms with Crippen molar-refractivity contribution in [2.75, 3.05) is 23.7 Å². The van der Waals surface area contributed by atoms with Crippen LogP contribution < -0.4 is 10.6 Å². The predicted octanol–water partition coefficient (Wildman–Crippen LogP) is 3.39. The molecule has 1 aliphatic carbocycles. The summed E-state index contributed by atoms with van der Waals surface area (Å²) in [5.74, 6) is 2.83. The van der Waals surface area contributed by atoms with E-state index in [0.29, 0.717) is 23.8 Å². The van der Waals surface area contributed by atoms with Gasteiger partial charge in [0.25, 0.3) is 0 Å². The first kappa shape index (κ1) is 19.8. The summed E-state index contributed by atoms with van der Waals surface area (Å²) >= 11 is 0. The number of rotatable bonds is 4. The van der Waals surface area contributed by atoms with Crippen molar-refractivity contribution in [2.24, 2.45) is 18.9 Å². The van der Waals surface area contributed by atoms with Gasteiger partial charge in [0.15, 0.2) is 0 Å². The fourth-order valence-corrected chi connectivity index (χ4v) is 5.05. The van der Waals surface area contributed by atoms with Crippen LogP contribution >= 0.6 is 0 Å². The van der Waals surface area contributed by atoms with Crippen LogP contribution in [0.1, 0.15) is 31.0 Å². The van der Waals surface area contributed by atoms with E-state index in [9.17, 15) is 4.79 Å². The fraction of sp³-hybridized carbons (Fsp3) is 0.478. The predicted molar refractivity (Wildman–Crippen MR) is 121 cm³/mol. The lowest BCUT2D eigenvalue weighted by Gasteiger charge is -2.20. The second kappa shape index (κ2) is 7.51. The average Bonchev–Trinajstić information content (AvgIpc) is 3.36. The highest BCUT2D eigenvalue weighted by Crippen LogP contribution is 2.39. The van der Waals surface area contributed by atoms with Gasteiger partial charge in [0.1, 0.15) is 5.82 Å². The van der Waals surface area contributed by atoms with Crippen molar-refractivity contribution in [3.05, 3.63) is 35.7 Å². The van der Waals surface area contributed by atoms with Gasteiger partial charge in [-0.2, -0.15) is 10.1 Å². The first-order valence-corrected chi connectivity index (χ1v) is 10.9. The van der Waals surface area contributed by atoms with Crippen LogP contribution in [-0.2, 0) is 11.8 Å². The van der Waals surface area contributed by atoms with Gasteiger partial charge in [-0.15, -0.1) is 0 Å². The van der Waals surface area contributed by atoms with Gasteiger partial charge in [-0.3, -0.25) is 9.48 Å². The summed E-state index contributed by atoms with van der Waals surface area (Å²) < 4.78 is 1.89. The van der Waals surface area contributed by atoms with Crippen LogP contribution in [0.15, 0.2) is 24.4 Å². The van der Waals surface area contributed by atoms with Gasteiger partial charge in [0, 0.05) is 61.6 Å². The van der Waals surface area contributed by atoms with Crippen molar-refractivity contribution >= 4 is 34.3 Å². The third-order valence-corrected chi connectivity index (χ3v) is 6.90. The Balaban J connectivity index is 1.28. The number of carbonyl (C=O) groups excluding carboxylic acids is 1. The summed E-state index contributed by atoms with van der Waals surface area (Å²) in [6.07, 6.45) is 4.01. The molecule has 162 valence electrons. The number of aromatic nitrogens is 4. The number of benzene rings is 1. The molecule has 1 saturated heterocycles. The molecule has 0 radical (unpaired) electrons. The Kier molecular flexibility index (Phi) is 4.79. The van der Waals surface area contributed by atoms with Crippen molar-refractivity contribution in [3.63, 3.8) is 0 Å². The molecule has 2 atom stereocenters. The van der Waals surface area contributed by atoms with E-state index in [1.165, 1.54) is 0 Å². The van der Waals surface area contributed by atoms with Crippen LogP contribution in [0.5, 0.6) is 0 Å². The third kappa shape index (κ3) is 3.71. The minimum Gasteiger partial charge on any atom is -0.367 e. The van der Waals surface area contributed by atoms with Gasteiger partial charge in [-0.05, 0) is 56.7 Å². The lowest BCUT2D eigenvalue weighted by atomic mass is 10.0. The average molecular weight is 420 g/mol. The zero-order valence-corrected chi connectivity index (χ0v) is 18.5. The minimum atomic E-state index is 0.195. The third-order valence-electron chi connectivity index (χ3n) is 6.90. The molecule has 3 aromatic rings. The fourth-order valence-electron chi connectivity index (χ4n) is 5.05. The van der Waals surface area contributed by atoms with Gasteiger partial charge in [0.2, 0.25) is 11.9 Å². The molecule has 2 aliphatic rings. The normalized spacial score (nSPS) is 22.7. The Labute approximate surface area is 182 Å². The second-order valence-corrected chi connectivity index (χ2v) is 9.05. The Morgan fingerprint density at radius 2 is 1.90 bits per heavy atom. The Bertz CT molecular complexity index is 1140. The molecule has 0 spiro atoms. The van der Waals surface area contributed by atoms with Crippen molar-refractivity contribution in [1.29, 1.82) is 0 Å². The van der Waals surface area contributed by atoms with Crippen molar-refractivity contribution in [3.8, 4) is 0 Å². The van der Waals surface area contributed by atoms with Crippen LogP contribution in [0.2, 0.25) is 0 Å². The molecule has 1 aliphatic heterocycles. The van der Waals surface area contributed by atoms with Crippen LogP contribution in [0.3, 0.4) is 0 Å². The molecular formula is C23H29N7O. The maximum absolute atomic E-state index is 11.7. The SMILES string of the molecule is CC(=O)N1CC2CC(Nc3nc(Nc4ccc5c(C)n(C)nc5c4)ncc3C)CC2C1. The van der Waals surface area contributed by atoms with Crippen LogP contribution in [0.25, 0.3) is 10.9 Å². The van der Waals surface area contributed by atoms with E-state index in [0.717, 1.165) is 59.6 Å². The minimum absolute atomic E-state index is 0.195. The van der Waals surface area contributed by atoms with Gasteiger partial charge in [0.05, 0.1) is 5.52 Å². The summed E-state index contributed by atoms with van der Waals surface area (Å²) in [6, 6.07) is 6.53. The molecule has 3 heterocycles. The molecular weight excluding hydrogens is 390 g/mol. The summed E-state index contributed by atoms with van der Waals surface area (Å²) in [4.78, 5) is 22.9. The Morgan fingerprint density at radius 1 is 1.16 bits per heavy atom. The quantitative estimate of drug-likeness (QED) is 0.674. The lowest BCUT2D eigenvalue weighted by Crippen LogP contribution is -2.29. The smallest absolute Gasteiger partial charge is 0.229 e. The summed E-state index contributed by atoms with van der Waals surface area (Å²) in [5.41, 5.74) is 4.05. The number of hydrogen-bond acceptors (Lipinski definition) is 6. The van der Waals surface area contributed by atoms with Crippen molar-refractivity contribution < 1.29 is 4.79 Å². The number of carbonyl (C=O) groups is 1. The molecule has 8 nitrogen and oxygen atoms in total. The zero-order chi connectivity index (χ0) is 21.7. The number of nitrogens with zero attached hydrogens (tertiary/aromatic N) is 5. The van der Waals surface area contributed by atoms with E-state index in [4.69, 9.17) is 4.98 Å². The highest BCUT2D eigenvalue weighted by Gasteiger charge is 2.41. The van der Waals surface area contributed by atoms with Crippen molar-refractivity contribution in [2.45, 2.75) is 39.7 Å². The molecule has 0 bridgehead atoms. The van der Waals surface area contributed by atoms with E-state index in [2.05, 4.69) is 33.7 Å². The molecule has 1 aromatic carbocycles. The lowest BCUT2D eigenvalue weighted by molar-refractivity contribution is -0.128. The molecule has 1 amide bonds. The van der Waals surface area contributed by atoms with E-state index < -0.39 is 0 Å². The topological polar surface area (TPSA) is 88.0 Å². The zero-order valence-electron chi connectivity index (χ0n) is 18.5. The summed E-state index contributed by atoms with van der Waals surface area (Å²) in [5, 5.41) is 12.7. The highest BCUT2D eigenvalue weighted by atomic mass is 16.2. The monoisotopic (exact) mass is 419 g/mol. The molecule has 2 aromatic heterocycles. The maximum atomic E-state index is 11.7. The number of hydrogen-bond donors (Lipinski definition) is 2. The first-order chi connectivity index (χ1) is 14.9. The van der Waals surface area contributed by atoms with Gasteiger partial charge in [-0.1, -0.05) is 0 Å². The van der Waals surface area contributed by atoms with Crippen molar-refractivity contribution in [1.82, 2.24) is 24.6 Å². The number of anilines is 3. The number of likely N-dealkylation sites (tertiary alicyclic amines) is 1. The molecule has 8 heteroatoms. The van der Waals surface area contributed by atoms with E-state index in [1.54, 1.807) is 6.92 Å². The van der Waals surface area contributed by atoms with E-state index in [1.807, 2.05) is 41.9 Å². The summed E-state index contributed by atoms with van der Waals surface area (Å²) in [6.45, 7) is 7.55. The van der Waals surface area contributed by atoms with Crippen LogP contribution in [0.4, 0.5) is 17.5 Å². The number of fused-ring (bicyclic) bond motifs is 2. The standard InChI is InChI=1S/C23H29N7O/c1-13-10-24-23(26-18-5-6-20-14(2)29(4)28-21(20)9-18)27-22(13)25-19-7-16-11-30(15(3)31)12-17(16)8-19/h5-6,9-10,16-17,19H,7-8,11-12H2,1-4H3,(H2,24,25,26,27). The van der Waals surface area contributed by atoms with Gasteiger partial charge < -0.3 is 15.5 Å². The number of nitrogens with one attached hydrogen (secondary N) is 2. The van der Waals surface area contributed by atoms with Gasteiger partial charge in [-0.25, -0.2) is 4.98 Å². The van der Waals surface area contributed by atoms with Crippen LogP contribution in [-0.4, -0.2) is 49.7 Å². The first-order valence-electron chi connectivity index (χ1n) is 10.9. The molecule has 5 rings (SSSR count). The van der Waals surface area contributed by atoms with Gasteiger partial charge >= 0.3 is 0 Å². The molecule has 1 saturated carbocycles. The highest BCUT2D eigenvalue weighted by molar-refractivity contribution is 5.85. The molecule has 31 heavy (non-hydrogen) atoms. The maximum Gasteiger partial charge on any atom is 0.229 e. The van der Waals surface area contributed by atoms with E-state index in [-0.39, 0.29) is 5.91 Å². The Morgan fingerprint density at radius 3 is 2.61 bits per heavy atom. The second-order valence-electron chi connectivity index (χ2n) is 9.05. The molecule has 2 N–H and O–H groups in total. The number of aryl methyl sites for hydroxylation is 3. The number of amides is 1. The molecule has 2 unspecified atom stereocenters. The van der Waals surface area contributed by atoms with Crippen LogP contribution in [0, 0.1) is 25.7 Å². The van der Waals surface area contributed by atoms with E-state index >= 15 is 0 Å². The summed E-state index contributed by atoms with van der Waals surface area (Å²) in [7, 11) is 1.96. The molecule has 2 fully saturated rings.